The second-order valence-corrected chi connectivity index (χ2v) is 5.74. The van der Waals surface area contributed by atoms with Crippen molar-refractivity contribution in [2.24, 2.45) is 0 Å². The molecule has 0 unspecified atom stereocenters. The van der Waals surface area contributed by atoms with Crippen molar-refractivity contribution >= 4 is 12.0 Å². The van der Waals surface area contributed by atoms with Gasteiger partial charge in [0, 0.05) is 26.1 Å². The number of benzene rings is 2. The van der Waals surface area contributed by atoms with E-state index in [0.29, 0.717) is 32.5 Å². The van der Waals surface area contributed by atoms with Gasteiger partial charge in [-0.3, -0.25) is 4.79 Å². The molecule has 0 radical (unpaired) electrons. The Labute approximate surface area is 148 Å². The summed E-state index contributed by atoms with van der Waals surface area (Å²) in [5, 5.41) is 2.59. The van der Waals surface area contributed by atoms with E-state index in [9.17, 15) is 9.59 Å². The molecular weight excluding hydrogens is 316 g/mol. The molecule has 0 heterocycles. The third kappa shape index (κ3) is 6.67. The summed E-state index contributed by atoms with van der Waals surface area (Å²) in [6.45, 7) is 1.56. The van der Waals surface area contributed by atoms with Gasteiger partial charge in [0.1, 0.15) is 0 Å². The quantitative estimate of drug-likeness (QED) is 0.750. The van der Waals surface area contributed by atoms with E-state index in [4.69, 9.17) is 0 Å². The molecule has 0 aliphatic carbocycles. The van der Waals surface area contributed by atoms with Crippen LogP contribution in [0.3, 0.4) is 0 Å². The van der Waals surface area contributed by atoms with Crippen LogP contribution in [0, 0.1) is 0 Å². The predicted octanol–water partition coefficient (Wildman–Crippen LogP) is 3.35. The highest BCUT2D eigenvalue weighted by atomic mass is 16.5. The van der Waals surface area contributed by atoms with Crippen LogP contribution in [-0.4, -0.2) is 30.6 Å². The van der Waals surface area contributed by atoms with Crippen LogP contribution in [0.15, 0.2) is 60.7 Å². The van der Waals surface area contributed by atoms with E-state index in [1.807, 2.05) is 65.6 Å². The van der Waals surface area contributed by atoms with Crippen molar-refractivity contribution in [3.8, 4) is 0 Å². The van der Waals surface area contributed by atoms with Crippen LogP contribution in [0.2, 0.25) is 0 Å². The smallest absolute Gasteiger partial charge is 0.406 e. The van der Waals surface area contributed by atoms with Crippen LogP contribution in [0.5, 0.6) is 0 Å². The average Bonchev–Trinajstić information content (AvgIpc) is 2.66. The van der Waals surface area contributed by atoms with Crippen molar-refractivity contribution in [3.05, 3.63) is 71.8 Å². The highest BCUT2D eigenvalue weighted by Crippen LogP contribution is 2.12. The molecule has 0 saturated heterocycles. The number of methoxy groups -OCH3 is 1. The van der Waals surface area contributed by atoms with E-state index < -0.39 is 6.09 Å². The van der Waals surface area contributed by atoms with Gasteiger partial charge in [0.15, 0.2) is 0 Å². The summed E-state index contributed by atoms with van der Waals surface area (Å²) in [5.41, 5.74) is 2.19. The van der Waals surface area contributed by atoms with Crippen molar-refractivity contribution in [2.45, 2.75) is 25.9 Å². The summed E-state index contributed by atoms with van der Waals surface area (Å²) < 4.78 is 4.52. The lowest BCUT2D eigenvalue weighted by molar-refractivity contribution is -0.132. The molecule has 0 spiro atoms. The topological polar surface area (TPSA) is 58.6 Å². The number of amides is 2. The van der Waals surface area contributed by atoms with Crippen LogP contribution in [0.4, 0.5) is 4.79 Å². The van der Waals surface area contributed by atoms with E-state index >= 15 is 0 Å². The number of hydrogen-bond acceptors (Lipinski definition) is 3. The molecule has 132 valence electrons. The lowest BCUT2D eigenvalue weighted by Gasteiger charge is -2.23. The third-order valence-electron chi connectivity index (χ3n) is 3.81. The van der Waals surface area contributed by atoms with Gasteiger partial charge in [-0.2, -0.15) is 0 Å². The van der Waals surface area contributed by atoms with Gasteiger partial charge in [0.05, 0.1) is 7.11 Å². The van der Waals surface area contributed by atoms with E-state index in [1.165, 1.54) is 7.11 Å². The molecule has 0 bridgehead atoms. The van der Waals surface area contributed by atoms with Crippen molar-refractivity contribution in [1.82, 2.24) is 10.2 Å². The molecule has 0 aromatic heterocycles. The number of carbonyl (C=O) groups is 2. The van der Waals surface area contributed by atoms with Gasteiger partial charge in [-0.15, -0.1) is 0 Å². The van der Waals surface area contributed by atoms with Crippen LogP contribution >= 0.6 is 0 Å². The van der Waals surface area contributed by atoms with Gasteiger partial charge in [0.2, 0.25) is 5.91 Å². The highest BCUT2D eigenvalue weighted by molar-refractivity contribution is 5.76. The van der Waals surface area contributed by atoms with Gasteiger partial charge in [0.25, 0.3) is 0 Å². The number of nitrogens with zero attached hydrogens (tertiary/aromatic N) is 1. The second-order valence-electron chi connectivity index (χ2n) is 5.74. The number of hydrogen-bond donors (Lipinski definition) is 1. The van der Waals surface area contributed by atoms with E-state index in [-0.39, 0.29) is 5.91 Å². The van der Waals surface area contributed by atoms with Gasteiger partial charge in [-0.1, -0.05) is 60.7 Å². The fraction of sp³-hybridized carbons (Fsp3) is 0.300. The van der Waals surface area contributed by atoms with Crippen LogP contribution < -0.4 is 5.32 Å². The summed E-state index contributed by atoms with van der Waals surface area (Å²) in [7, 11) is 1.32. The minimum atomic E-state index is -0.474. The van der Waals surface area contributed by atoms with Gasteiger partial charge in [-0.05, 0) is 17.5 Å². The molecule has 0 aliphatic heterocycles. The fourth-order valence-corrected chi connectivity index (χ4v) is 2.50. The highest BCUT2D eigenvalue weighted by Gasteiger charge is 2.14. The molecular formula is C20H24N2O3. The van der Waals surface area contributed by atoms with Crippen LogP contribution in [0.1, 0.15) is 24.0 Å². The van der Waals surface area contributed by atoms with E-state index in [2.05, 4.69) is 10.1 Å². The number of ether oxygens (including phenoxy) is 1. The van der Waals surface area contributed by atoms with E-state index in [1.54, 1.807) is 0 Å². The predicted molar refractivity (Wildman–Crippen MR) is 96.8 cm³/mol. The van der Waals surface area contributed by atoms with Crippen molar-refractivity contribution < 1.29 is 14.3 Å². The normalized spacial score (nSPS) is 10.1. The molecule has 0 saturated carbocycles. The number of carbonyl (C=O) groups excluding carboxylic acids is 2. The first-order chi connectivity index (χ1) is 12.2. The van der Waals surface area contributed by atoms with E-state index in [0.717, 1.165) is 11.1 Å². The monoisotopic (exact) mass is 340 g/mol. The second kappa shape index (κ2) is 10.1. The van der Waals surface area contributed by atoms with Crippen molar-refractivity contribution in [3.63, 3.8) is 0 Å². The molecule has 0 fully saturated rings. The zero-order valence-electron chi connectivity index (χ0n) is 14.5. The Morgan fingerprint density at radius 3 is 1.92 bits per heavy atom. The Bertz CT molecular complexity index is 618. The van der Waals surface area contributed by atoms with Crippen molar-refractivity contribution in [1.29, 1.82) is 0 Å². The Hall–Kier alpha value is -2.82. The number of rotatable bonds is 8. The third-order valence-corrected chi connectivity index (χ3v) is 3.81. The molecule has 25 heavy (non-hydrogen) atoms. The first-order valence-electron chi connectivity index (χ1n) is 8.36. The molecule has 0 aliphatic rings. The average molecular weight is 340 g/mol. The minimum Gasteiger partial charge on any atom is -0.453 e. The van der Waals surface area contributed by atoms with Gasteiger partial charge in [-0.25, -0.2) is 4.79 Å². The lowest BCUT2D eigenvalue weighted by atomic mass is 10.1. The first-order valence-corrected chi connectivity index (χ1v) is 8.36. The van der Waals surface area contributed by atoms with Gasteiger partial charge >= 0.3 is 6.09 Å². The molecule has 5 heteroatoms. The standard InChI is InChI=1S/C20H24N2O3/c1-25-20(24)21-14-8-13-19(23)22(15-17-9-4-2-5-10-17)16-18-11-6-3-7-12-18/h2-7,9-12H,8,13-16H2,1H3,(H,21,24). The Kier molecular flexibility index (Phi) is 7.50. The van der Waals surface area contributed by atoms with Gasteiger partial charge < -0.3 is 15.0 Å². The largest absolute Gasteiger partial charge is 0.453 e. The molecule has 2 aromatic carbocycles. The van der Waals surface area contributed by atoms with Crippen molar-refractivity contribution in [2.75, 3.05) is 13.7 Å². The molecule has 1 N–H and O–H groups in total. The SMILES string of the molecule is COC(=O)NCCCC(=O)N(Cc1ccccc1)Cc1ccccc1. The molecule has 2 rings (SSSR count). The lowest BCUT2D eigenvalue weighted by Crippen LogP contribution is -2.31. The maximum Gasteiger partial charge on any atom is 0.406 e. The summed E-state index contributed by atoms with van der Waals surface area (Å²) >= 11 is 0. The van der Waals surface area contributed by atoms with Crippen LogP contribution in [-0.2, 0) is 22.6 Å². The summed E-state index contributed by atoms with van der Waals surface area (Å²) in [5.74, 6) is 0.0689. The minimum absolute atomic E-state index is 0.0689. The molecule has 2 amide bonds. The molecule has 2 aromatic rings. The Balaban J connectivity index is 1.95. The Morgan fingerprint density at radius 1 is 0.920 bits per heavy atom. The maximum absolute atomic E-state index is 12.6. The molecule has 0 atom stereocenters. The zero-order valence-corrected chi connectivity index (χ0v) is 14.5. The Morgan fingerprint density at radius 2 is 1.44 bits per heavy atom. The summed E-state index contributed by atoms with van der Waals surface area (Å²) in [6.07, 6.45) is 0.482. The van der Waals surface area contributed by atoms with Crippen LogP contribution in [0.25, 0.3) is 0 Å². The fourth-order valence-electron chi connectivity index (χ4n) is 2.50. The first kappa shape index (κ1) is 18.5. The molecule has 5 nitrogen and oxygen atoms in total. The number of nitrogens with one attached hydrogen (secondary N) is 1. The number of alkyl carbamates (subject to hydrolysis) is 1. The zero-order chi connectivity index (χ0) is 17.9. The maximum atomic E-state index is 12.6. The summed E-state index contributed by atoms with van der Waals surface area (Å²) in [4.78, 5) is 25.5. The summed E-state index contributed by atoms with van der Waals surface area (Å²) in [6, 6.07) is 19.9.